The van der Waals surface area contributed by atoms with Crippen LogP contribution in [0.15, 0.2) is 64.6 Å². The molecule has 1 aromatic rings. The number of nitrogens with zero attached hydrogens (tertiary/aromatic N) is 4. The fourth-order valence-corrected chi connectivity index (χ4v) is 3.28. The normalized spacial score (nSPS) is 25.3. The fraction of sp³-hybridized carbons (Fsp3) is 0.333. The van der Waals surface area contributed by atoms with E-state index in [0.717, 1.165) is 24.5 Å². The molecule has 3 heterocycles. The number of amidine groups is 1. The number of rotatable bonds is 1. The van der Waals surface area contributed by atoms with Crippen LogP contribution in [-0.2, 0) is 0 Å². The molecule has 112 valence electrons. The van der Waals surface area contributed by atoms with Gasteiger partial charge in [-0.05, 0) is 44.9 Å². The van der Waals surface area contributed by atoms with Gasteiger partial charge in [-0.15, -0.1) is 0 Å². The lowest BCUT2D eigenvalue weighted by molar-refractivity contribution is 0.399. The molecular formula is C18H20N4. The van der Waals surface area contributed by atoms with Gasteiger partial charge in [0.25, 0.3) is 0 Å². The Kier molecular flexibility index (Phi) is 2.93. The average molecular weight is 292 g/mol. The van der Waals surface area contributed by atoms with Gasteiger partial charge in [0.1, 0.15) is 5.84 Å². The Bertz CT molecular complexity index is 697. The monoisotopic (exact) mass is 292 g/mol. The molecule has 0 saturated carbocycles. The molecule has 0 spiro atoms. The van der Waals surface area contributed by atoms with Crippen LogP contribution in [-0.4, -0.2) is 28.5 Å². The van der Waals surface area contributed by atoms with E-state index in [9.17, 15) is 0 Å². The van der Waals surface area contributed by atoms with Crippen molar-refractivity contribution < 1.29 is 0 Å². The van der Waals surface area contributed by atoms with Crippen LogP contribution in [0.5, 0.6) is 0 Å². The zero-order valence-electron chi connectivity index (χ0n) is 13.0. The molecule has 0 radical (unpaired) electrons. The summed E-state index contributed by atoms with van der Waals surface area (Å²) in [5, 5.41) is 0. The van der Waals surface area contributed by atoms with E-state index in [1.165, 1.54) is 5.69 Å². The van der Waals surface area contributed by atoms with Gasteiger partial charge in [0.15, 0.2) is 5.82 Å². The molecule has 4 nitrogen and oxygen atoms in total. The van der Waals surface area contributed by atoms with Crippen molar-refractivity contribution in [1.29, 1.82) is 0 Å². The highest BCUT2D eigenvalue weighted by Crippen LogP contribution is 2.35. The molecule has 4 heteroatoms. The quantitative estimate of drug-likeness (QED) is 0.792. The molecule has 0 aliphatic carbocycles. The van der Waals surface area contributed by atoms with Gasteiger partial charge in [-0.1, -0.05) is 18.2 Å². The van der Waals surface area contributed by atoms with Crippen molar-refractivity contribution in [1.82, 2.24) is 4.90 Å². The third-order valence-electron chi connectivity index (χ3n) is 4.41. The van der Waals surface area contributed by atoms with Crippen molar-refractivity contribution in [2.75, 3.05) is 4.90 Å². The number of allylic oxidation sites excluding steroid dienone is 1. The molecule has 0 saturated heterocycles. The predicted octanol–water partition coefficient (Wildman–Crippen LogP) is 3.55. The number of fused-ring (bicyclic) bond motifs is 3. The van der Waals surface area contributed by atoms with E-state index in [0.29, 0.717) is 0 Å². The van der Waals surface area contributed by atoms with Crippen LogP contribution in [0.3, 0.4) is 0 Å². The van der Waals surface area contributed by atoms with Crippen molar-refractivity contribution in [3.63, 3.8) is 0 Å². The van der Waals surface area contributed by atoms with Gasteiger partial charge in [0.2, 0.25) is 0 Å². The number of hydrogen-bond donors (Lipinski definition) is 0. The SMILES string of the molecule is CC1(C)CCC2C(=N1)N1C=CC=NC1=CN2c1ccccc1. The van der Waals surface area contributed by atoms with Crippen LogP contribution in [0.2, 0.25) is 0 Å². The van der Waals surface area contributed by atoms with Gasteiger partial charge in [-0.3, -0.25) is 9.89 Å². The van der Waals surface area contributed by atoms with Gasteiger partial charge in [0, 0.05) is 24.3 Å². The molecule has 1 unspecified atom stereocenters. The Morgan fingerprint density at radius 1 is 1.18 bits per heavy atom. The second kappa shape index (κ2) is 4.83. The van der Waals surface area contributed by atoms with Crippen LogP contribution in [0.1, 0.15) is 26.7 Å². The molecule has 4 rings (SSSR count). The van der Waals surface area contributed by atoms with Crippen molar-refractivity contribution in [2.24, 2.45) is 9.98 Å². The summed E-state index contributed by atoms with van der Waals surface area (Å²) in [4.78, 5) is 14.0. The molecule has 22 heavy (non-hydrogen) atoms. The molecular weight excluding hydrogens is 272 g/mol. The van der Waals surface area contributed by atoms with E-state index < -0.39 is 0 Å². The summed E-state index contributed by atoms with van der Waals surface area (Å²) in [7, 11) is 0. The Morgan fingerprint density at radius 2 is 2.00 bits per heavy atom. The molecule has 0 fully saturated rings. The number of aliphatic imine (C=N–C) groups is 2. The number of anilines is 1. The van der Waals surface area contributed by atoms with E-state index >= 15 is 0 Å². The first-order valence-electron chi connectivity index (χ1n) is 7.79. The minimum absolute atomic E-state index is 0.00829. The van der Waals surface area contributed by atoms with Crippen LogP contribution in [0.4, 0.5) is 5.69 Å². The van der Waals surface area contributed by atoms with Crippen LogP contribution >= 0.6 is 0 Å². The van der Waals surface area contributed by atoms with Crippen molar-refractivity contribution in [2.45, 2.75) is 38.3 Å². The lowest BCUT2D eigenvalue weighted by Crippen LogP contribution is -2.53. The number of benzene rings is 1. The van der Waals surface area contributed by atoms with E-state index in [1.807, 2.05) is 18.4 Å². The summed E-state index contributed by atoms with van der Waals surface area (Å²) in [5.41, 5.74) is 1.18. The minimum atomic E-state index is -0.00829. The van der Waals surface area contributed by atoms with Gasteiger partial charge in [-0.2, -0.15) is 0 Å². The lowest BCUT2D eigenvalue weighted by atomic mass is 9.90. The average Bonchev–Trinajstić information content (AvgIpc) is 2.54. The van der Waals surface area contributed by atoms with Gasteiger partial charge >= 0.3 is 0 Å². The van der Waals surface area contributed by atoms with Crippen LogP contribution in [0.25, 0.3) is 0 Å². The summed E-state index contributed by atoms with van der Waals surface area (Å²) in [6.07, 6.45) is 10.2. The maximum Gasteiger partial charge on any atom is 0.154 e. The molecule has 1 atom stereocenters. The molecule has 3 aliphatic rings. The first-order valence-corrected chi connectivity index (χ1v) is 7.79. The third kappa shape index (κ3) is 2.15. The van der Waals surface area contributed by atoms with Crippen LogP contribution < -0.4 is 4.90 Å². The standard InChI is InChI=1S/C18H20N4/c1-18(2)10-9-15-17(20-18)21-12-6-11-19-16(21)13-22(15)14-7-4-3-5-8-14/h3-8,11-13,15H,9-10H2,1-2H3. The highest BCUT2D eigenvalue weighted by atomic mass is 15.4. The maximum atomic E-state index is 5.03. The Hall–Kier alpha value is -2.36. The highest BCUT2D eigenvalue weighted by molar-refractivity contribution is 5.96. The smallest absolute Gasteiger partial charge is 0.154 e. The van der Waals surface area contributed by atoms with Crippen molar-refractivity contribution >= 4 is 17.7 Å². The van der Waals surface area contributed by atoms with E-state index in [4.69, 9.17) is 4.99 Å². The molecule has 0 bridgehead atoms. The predicted molar refractivity (Wildman–Crippen MR) is 91.0 cm³/mol. The van der Waals surface area contributed by atoms with Gasteiger partial charge in [0.05, 0.1) is 11.6 Å². The van der Waals surface area contributed by atoms with E-state index in [-0.39, 0.29) is 11.6 Å². The topological polar surface area (TPSA) is 31.2 Å². The molecule has 0 amide bonds. The minimum Gasteiger partial charge on any atom is -0.334 e. The van der Waals surface area contributed by atoms with Gasteiger partial charge < -0.3 is 4.90 Å². The molecule has 1 aromatic carbocycles. The molecule has 0 N–H and O–H groups in total. The fourth-order valence-electron chi connectivity index (χ4n) is 3.28. The van der Waals surface area contributed by atoms with Crippen molar-refractivity contribution in [3.8, 4) is 0 Å². The second-order valence-corrected chi connectivity index (χ2v) is 6.56. The Labute approximate surface area is 131 Å². The Balaban J connectivity index is 1.84. The largest absolute Gasteiger partial charge is 0.334 e. The molecule has 0 aromatic heterocycles. The lowest BCUT2D eigenvalue weighted by Gasteiger charge is -2.45. The summed E-state index contributed by atoms with van der Waals surface area (Å²) in [6, 6.07) is 10.8. The number of para-hydroxylation sites is 1. The van der Waals surface area contributed by atoms with E-state index in [1.54, 1.807) is 0 Å². The first kappa shape index (κ1) is 13.3. The van der Waals surface area contributed by atoms with Gasteiger partial charge in [-0.25, -0.2) is 4.99 Å². The summed E-state index contributed by atoms with van der Waals surface area (Å²) in [5.74, 6) is 2.03. The summed E-state index contributed by atoms with van der Waals surface area (Å²) < 4.78 is 0. The third-order valence-corrected chi connectivity index (χ3v) is 4.41. The van der Waals surface area contributed by atoms with Crippen molar-refractivity contribution in [3.05, 3.63) is 54.6 Å². The summed E-state index contributed by atoms with van der Waals surface area (Å²) >= 11 is 0. The first-order chi connectivity index (χ1) is 10.6. The number of hydrogen-bond acceptors (Lipinski definition) is 4. The molecule has 3 aliphatic heterocycles. The summed E-state index contributed by atoms with van der Waals surface area (Å²) in [6.45, 7) is 4.41. The Morgan fingerprint density at radius 3 is 2.82 bits per heavy atom. The second-order valence-electron chi connectivity index (χ2n) is 6.56. The van der Waals surface area contributed by atoms with E-state index in [2.05, 4.69) is 65.3 Å². The highest BCUT2D eigenvalue weighted by Gasteiger charge is 2.39. The maximum absolute atomic E-state index is 5.03. The van der Waals surface area contributed by atoms with Crippen LogP contribution in [0, 0.1) is 0 Å². The zero-order chi connectivity index (χ0) is 15.2. The zero-order valence-corrected chi connectivity index (χ0v) is 13.0.